The number of nitrogens with one attached hydrogen (secondary N) is 2. The monoisotopic (exact) mass is 479 g/mol. The van der Waals surface area contributed by atoms with E-state index < -0.39 is 10.0 Å². The number of carbonyl (C=O) groups excluding carboxylic acids is 1. The maximum absolute atomic E-state index is 12.4. The van der Waals surface area contributed by atoms with Crippen LogP contribution in [0.4, 0.5) is 10.8 Å². The number of anilines is 2. The molecule has 0 aliphatic rings. The van der Waals surface area contributed by atoms with Gasteiger partial charge in [-0.3, -0.25) is 9.52 Å². The molecule has 146 valence electrons. The standard InChI is InChI=1S/C19H18BrN3O3S2/c1-13-2-9-17(10-3-13)28(25,26)23-19-22-16(12-27-19)8-11-18(24)21-15-6-4-14(20)5-7-15/h2-7,9-10,12H,8,11H2,1H3,(H,21,24)(H,22,23). The molecule has 0 spiro atoms. The number of benzene rings is 2. The van der Waals surface area contributed by atoms with Crippen LogP contribution in [0.15, 0.2) is 63.3 Å². The molecule has 0 aliphatic carbocycles. The van der Waals surface area contributed by atoms with Crippen LogP contribution in [0.5, 0.6) is 0 Å². The molecule has 28 heavy (non-hydrogen) atoms. The fourth-order valence-electron chi connectivity index (χ4n) is 2.36. The zero-order valence-corrected chi connectivity index (χ0v) is 18.2. The summed E-state index contributed by atoms with van der Waals surface area (Å²) in [5.41, 5.74) is 2.37. The van der Waals surface area contributed by atoms with E-state index in [1.165, 1.54) is 11.3 Å². The number of rotatable bonds is 7. The SMILES string of the molecule is Cc1ccc(S(=O)(=O)Nc2nc(CCC(=O)Nc3ccc(Br)cc3)cs2)cc1. The van der Waals surface area contributed by atoms with Crippen LogP contribution in [0.1, 0.15) is 17.7 Å². The molecule has 0 unspecified atom stereocenters. The molecular weight excluding hydrogens is 462 g/mol. The predicted octanol–water partition coefficient (Wildman–Crippen LogP) is 4.59. The largest absolute Gasteiger partial charge is 0.326 e. The fourth-order valence-corrected chi connectivity index (χ4v) is 4.62. The summed E-state index contributed by atoms with van der Waals surface area (Å²) >= 11 is 4.54. The number of sulfonamides is 1. The molecular formula is C19H18BrN3O3S2. The molecule has 2 N–H and O–H groups in total. The molecule has 0 atom stereocenters. The smallest absolute Gasteiger partial charge is 0.263 e. The van der Waals surface area contributed by atoms with Crippen LogP contribution in [-0.4, -0.2) is 19.3 Å². The van der Waals surface area contributed by atoms with E-state index in [-0.39, 0.29) is 22.4 Å². The number of thiazole rings is 1. The highest BCUT2D eigenvalue weighted by Gasteiger charge is 2.16. The fraction of sp³-hybridized carbons (Fsp3) is 0.158. The third kappa shape index (κ3) is 5.63. The van der Waals surface area contributed by atoms with Crippen LogP contribution in [0.2, 0.25) is 0 Å². The van der Waals surface area contributed by atoms with Crippen molar-refractivity contribution in [3.05, 3.63) is 69.6 Å². The Morgan fingerprint density at radius 3 is 2.46 bits per heavy atom. The summed E-state index contributed by atoms with van der Waals surface area (Å²) in [5, 5.41) is 4.85. The summed E-state index contributed by atoms with van der Waals surface area (Å²) in [5.74, 6) is -0.128. The summed E-state index contributed by atoms with van der Waals surface area (Å²) < 4.78 is 28.2. The lowest BCUT2D eigenvalue weighted by molar-refractivity contribution is -0.116. The molecule has 6 nitrogen and oxygen atoms in total. The van der Waals surface area contributed by atoms with E-state index in [0.717, 1.165) is 15.7 Å². The maximum Gasteiger partial charge on any atom is 0.263 e. The third-order valence-corrected chi connectivity index (χ3v) is 6.66. The molecule has 0 radical (unpaired) electrons. The Hall–Kier alpha value is -2.23. The zero-order chi connectivity index (χ0) is 20.1. The second kappa shape index (κ2) is 8.85. The Morgan fingerprint density at radius 1 is 1.11 bits per heavy atom. The van der Waals surface area contributed by atoms with E-state index in [1.54, 1.807) is 29.6 Å². The van der Waals surface area contributed by atoms with E-state index in [0.29, 0.717) is 12.1 Å². The number of halogens is 1. The van der Waals surface area contributed by atoms with Gasteiger partial charge in [0.15, 0.2) is 5.13 Å². The van der Waals surface area contributed by atoms with E-state index in [9.17, 15) is 13.2 Å². The summed E-state index contributed by atoms with van der Waals surface area (Å²) in [6.07, 6.45) is 0.676. The van der Waals surface area contributed by atoms with Gasteiger partial charge in [0.2, 0.25) is 5.91 Å². The number of hydrogen-bond acceptors (Lipinski definition) is 5. The second-order valence-electron chi connectivity index (χ2n) is 6.12. The van der Waals surface area contributed by atoms with Gasteiger partial charge in [0.25, 0.3) is 10.0 Å². The highest BCUT2D eigenvalue weighted by atomic mass is 79.9. The summed E-state index contributed by atoms with van der Waals surface area (Å²) in [4.78, 5) is 16.5. The van der Waals surface area contributed by atoms with Crippen LogP contribution < -0.4 is 10.0 Å². The lowest BCUT2D eigenvalue weighted by atomic mass is 10.2. The van der Waals surface area contributed by atoms with Crippen molar-refractivity contribution in [2.24, 2.45) is 0 Å². The topological polar surface area (TPSA) is 88.2 Å². The molecule has 3 rings (SSSR count). The zero-order valence-electron chi connectivity index (χ0n) is 15.0. The first kappa shape index (κ1) is 20.5. The molecule has 0 fully saturated rings. The van der Waals surface area contributed by atoms with Crippen molar-refractivity contribution in [1.29, 1.82) is 0 Å². The van der Waals surface area contributed by atoms with E-state index in [4.69, 9.17) is 0 Å². The van der Waals surface area contributed by atoms with E-state index >= 15 is 0 Å². The molecule has 9 heteroatoms. The molecule has 3 aromatic rings. The minimum absolute atomic E-state index is 0.128. The van der Waals surface area contributed by atoms with Gasteiger partial charge in [-0.1, -0.05) is 33.6 Å². The minimum atomic E-state index is -3.68. The van der Waals surface area contributed by atoms with Crippen LogP contribution in [0.25, 0.3) is 0 Å². The third-order valence-electron chi connectivity index (χ3n) is 3.84. The average Bonchev–Trinajstić information content (AvgIpc) is 3.09. The van der Waals surface area contributed by atoms with Gasteiger partial charge in [0.1, 0.15) is 0 Å². The Balaban J connectivity index is 1.55. The Labute approximate surface area is 176 Å². The average molecular weight is 480 g/mol. The molecule has 2 aromatic carbocycles. The summed E-state index contributed by atoms with van der Waals surface area (Å²) in [6, 6.07) is 13.9. The number of aromatic nitrogens is 1. The van der Waals surface area contributed by atoms with Crippen molar-refractivity contribution in [2.45, 2.75) is 24.7 Å². The Morgan fingerprint density at radius 2 is 1.79 bits per heavy atom. The van der Waals surface area contributed by atoms with Crippen molar-refractivity contribution >= 4 is 54.0 Å². The van der Waals surface area contributed by atoms with Gasteiger partial charge < -0.3 is 5.32 Å². The van der Waals surface area contributed by atoms with Crippen LogP contribution in [0, 0.1) is 6.92 Å². The Kier molecular flexibility index (Phi) is 6.48. The van der Waals surface area contributed by atoms with Crippen molar-refractivity contribution in [3.8, 4) is 0 Å². The lowest BCUT2D eigenvalue weighted by Crippen LogP contribution is -2.13. The first-order valence-corrected chi connectivity index (χ1v) is 11.6. The summed E-state index contributed by atoms with van der Waals surface area (Å²) in [6.45, 7) is 1.89. The van der Waals surface area contributed by atoms with Crippen molar-refractivity contribution in [2.75, 3.05) is 10.0 Å². The molecule has 0 saturated heterocycles. The minimum Gasteiger partial charge on any atom is -0.326 e. The van der Waals surface area contributed by atoms with Crippen molar-refractivity contribution in [3.63, 3.8) is 0 Å². The van der Waals surface area contributed by atoms with Gasteiger partial charge in [-0.2, -0.15) is 0 Å². The molecule has 1 amide bonds. The quantitative estimate of drug-likeness (QED) is 0.518. The molecule has 0 aliphatic heterocycles. The molecule has 1 aromatic heterocycles. The highest BCUT2D eigenvalue weighted by molar-refractivity contribution is 9.10. The number of hydrogen-bond donors (Lipinski definition) is 2. The van der Waals surface area contributed by atoms with Gasteiger partial charge in [0.05, 0.1) is 10.6 Å². The van der Waals surface area contributed by atoms with Gasteiger partial charge in [-0.25, -0.2) is 13.4 Å². The van der Waals surface area contributed by atoms with Gasteiger partial charge >= 0.3 is 0 Å². The van der Waals surface area contributed by atoms with Gasteiger partial charge in [-0.05, 0) is 49.7 Å². The number of amides is 1. The van der Waals surface area contributed by atoms with Gasteiger partial charge in [0, 0.05) is 22.0 Å². The normalized spacial score (nSPS) is 11.2. The Bertz CT molecular complexity index is 1060. The lowest BCUT2D eigenvalue weighted by Gasteiger charge is -2.05. The number of nitrogens with zero attached hydrogens (tertiary/aromatic N) is 1. The maximum atomic E-state index is 12.4. The van der Waals surface area contributed by atoms with Crippen LogP contribution >= 0.6 is 27.3 Å². The molecule has 0 saturated carbocycles. The number of carbonyl (C=O) groups is 1. The summed E-state index contributed by atoms with van der Waals surface area (Å²) in [7, 11) is -3.68. The van der Waals surface area contributed by atoms with Crippen LogP contribution in [-0.2, 0) is 21.2 Å². The van der Waals surface area contributed by atoms with E-state index in [1.807, 2.05) is 31.2 Å². The second-order valence-corrected chi connectivity index (χ2v) is 9.57. The van der Waals surface area contributed by atoms with Crippen LogP contribution in [0.3, 0.4) is 0 Å². The first-order valence-electron chi connectivity index (χ1n) is 8.41. The molecule has 1 heterocycles. The van der Waals surface area contributed by atoms with Gasteiger partial charge in [-0.15, -0.1) is 11.3 Å². The predicted molar refractivity (Wildman–Crippen MR) is 115 cm³/mol. The number of aryl methyl sites for hydroxylation is 2. The van der Waals surface area contributed by atoms with Crippen molar-refractivity contribution in [1.82, 2.24) is 4.98 Å². The highest BCUT2D eigenvalue weighted by Crippen LogP contribution is 2.21. The van der Waals surface area contributed by atoms with Crippen molar-refractivity contribution < 1.29 is 13.2 Å². The first-order chi connectivity index (χ1) is 13.3. The molecule has 0 bridgehead atoms. The van der Waals surface area contributed by atoms with E-state index in [2.05, 4.69) is 31.0 Å².